The van der Waals surface area contributed by atoms with Crippen molar-refractivity contribution in [2.45, 2.75) is 38.6 Å². The number of thiophene rings is 1. The molecule has 104 valence electrons. The predicted octanol–water partition coefficient (Wildman–Crippen LogP) is 3.14. The summed E-state index contributed by atoms with van der Waals surface area (Å²) in [5.41, 5.74) is 6.58. The van der Waals surface area contributed by atoms with Crippen molar-refractivity contribution < 1.29 is 9.53 Å². The number of nitrogen functional groups attached to an aromatic ring is 1. The van der Waals surface area contributed by atoms with E-state index in [4.69, 9.17) is 10.5 Å². The van der Waals surface area contributed by atoms with E-state index in [0.717, 1.165) is 23.8 Å². The zero-order chi connectivity index (χ0) is 13.6. The number of nitrogens with two attached hydrogens (primary N) is 1. The number of rotatable bonds is 6. The minimum absolute atomic E-state index is 0.188. The second-order valence-corrected chi connectivity index (χ2v) is 6.64. The molecule has 0 amide bonds. The maximum Gasteiger partial charge on any atom is 0.178 e. The molecule has 1 unspecified atom stereocenters. The van der Waals surface area contributed by atoms with Gasteiger partial charge in [0.05, 0.1) is 17.7 Å². The van der Waals surface area contributed by atoms with Crippen LogP contribution in [0.3, 0.4) is 0 Å². The Morgan fingerprint density at radius 2 is 2.11 bits per heavy atom. The predicted molar refractivity (Wildman–Crippen MR) is 78.1 cm³/mol. The molecular formula is C14H20N2O2S. The van der Waals surface area contributed by atoms with Crippen molar-refractivity contribution in [3.8, 4) is 5.75 Å². The van der Waals surface area contributed by atoms with Gasteiger partial charge in [-0.3, -0.25) is 4.79 Å². The number of anilines is 2. The summed E-state index contributed by atoms with van der Waals surface area (Å²) in [5.74, 6) is 1.77. The van der Waals surface area contributed by atoms with Gasteiger partial charge in [-0.1, -0.05) is 0 Å². The number of ether oxygens (including phenoxy) is 1. The van der Waals surface area contributed by atoms with E-state index in [1.54, 1.807) is 7.11 Å². The summed E-state index contributed by atoms with van der Waals surface area (Å²) < 4.78 is 5.38. The van der Waals surface area contributed by atoms with Crippen LogP contribution < -0.4 is 15.8 Å². The SMILES string of the molecule is COc1c(NC(C)C2CC2)sc(C(=O)C2CC2)c1N. The molecule has 3 rings (SSSR count). The van der Waals surface area contributed by atoms with E-state index in [9.17, 15) is 4.79 Å². The lowest BCUT2D eigenvalue weighted by Gasteiger charge is -2.13. The number of hydrogen-bond donors (Lipinski definition) is 2. The Morgan fingerprint density at radius 1 is 1.42 bits per heavy atom. The molecule has 3 N–H and O–H groups in total. The molecule has 0 bridgehead atoms. The number of Topliss-reactive ketones (excluding diaryl/α,β-unsaturated/α-hetero) is 1. The lowest BCUT2D eigenvalue weighted by molar-refractivity contribution is 0.0972. The van der Waals surface area contributed by atoms with E-state index in [1.807, 2.05) is 0 Å². The highest BCUT2D eigenvalue weighted by Gasteiger charge is 2.35. The van der Waals surface area contributed by atoms with Gasteiger partial charge in [0.25, 0.3) is 0 Å². The van der Waals surface area contributed by atoms with Gasteiger partial charge < -0.3 is 15.8 Å². The fourth-order valence-corrected chi connectivity index (χ4v) is 3.57. The molecule has 2 fully saturated rings. The number of hydrogen-bond acceptors (Lipinski definition) is 5. The van der Waals surface area contributed by atoms with Crippen molar-refractivity contribution in [2.24, 2.45) is 11.8 Å². The van der Waals surface area contributed by atoms with Crippen molar-refractivity contribution in [1.29, 1.82) is 0 Å². The molecule has 0 aliphatic heterocycles. The molecular weight excluding hydrogens is 260 g/mol. The normalized spacial score (nSPS) is 20.1. The highest BCUT2D eigenvalue weighted by atomic mass is 32.1. The summed E-state index contributed by atoms with van der Waals surface area (Å²) in [5, 5.41) is 4.37. The lowest BCUT2D eigenvalue weighted by Crippen LogP contribution is -2.16. The second-order valence-electron chi connectivity index (χ2n) is 5.62. The van der Waals surface area contributed by atoms with Crippen LogP contribution in [0.4, 0.5) is 10.7 Å². The Balaban J connectivity index is 1.85. The fourth-order valence-electron chi connectivity index (χ4n) is 2.36. The Morgan fingerprint density at radius 3 is 2.63 bits per heavy atom. The summed E-state index contributed by atoms with van der Waals surface area (Å²) in [6, 6.07) is 0.413. The molecule has 2 aliphatic carbocycles. The molecule has 2 aliphatic rings. The number of nitrogens with one attached hydrogen (secondary N) is 1. The molecule has 1 aromatic rings. The third-order valence-corrected chi connectivity index (χ3v) is 5.10. The van der Waals surface area contributed by atoms with E-state index in [1.165, 1.54) is 24.2 Å². The smallest absolute Gasteiger partial charge is 0.178 e. The van der Waals surface area contributed by atoms with Crippen molar-refractivity contribution in [3.05, 3.63) is 4.88 Å². The van der Waals surface area contributed by atoms with Crippen LogP contribution in [0.1, 0.15) is 42.3 Å². The lowest BCUT2D eigenvalue weighted by atomic mass is 10.2. The van der Waals surface area contributed by atoms with Crippen molar-refractivity contribution in [2.75, 3.05) is 18.2 Å². The number of methoxy groups -OCH3 is 1. The third-order valence-electron chi connectivity index (χ3n) is 3.96. The van der Waals surface area contributed by atoms with Gasteiger partial charge in [-0.15, -0.1) is 11.3 Å². The summed E-state index contributed by atoms with van der Waals surface area (Å²) in [6.45, 7) is 2.18. The van der Waals surface area contributed by atoms with Crippen LogP contribution in [-0.2, 0) is 0 Å². The zero-order valence-electron chi connectivity index (χ0n) is 11.4. The number of carbonyl (C=O) groups excluding carboxylic acids is 1. The highest BCUT2D eigenvalue weighted by Crippen LogP contribution is 2.47. The van der Waals surface area contributed by atoms with Crippen molar-refractivity contribution >= 4 is 27.8 Å². The summed E-state index contributed by atoms with van der Waals surface area (Å²) in [7, 11) is 1.61. The minimum atomic E-state index is 0.188. The molecule has 4 nitrogen and oxygen atoms in total. The van der Waals surface area contributed by atoms with Crippen LogP contribution in [0.5, 0.6) is 5.75 Å². The van der Waals surface area contributed by atoms with Gasteiger partial charge in [0.1, 0.15) is 5.00 Å². The van der Waals surface area contributed by atoms with Crippen LogP contribution in [0.2, 0.25) is 0 Å². The Bertz CT molecular complexity index is 504. The summed E-state index contributed by atoms with van der Waals surface area (Å²) in [4.78, 5) is 12.9. The van der Waals surface area contributed by atoms with Gasteiger partial charge >= 0.3 is 0 Å². The Hall–Kier alpha value is -1.23. The van der Waals surface area contributed by atoms with Crippen molar-refractivity contribution in [1.82, 2.24) is 0 Å². The van der Waals surface area contributed by atoms with E-state index >= 15 is 0 Å². The van der Waals surface area contributed by atoms with E-state index in [2.05, 4.69) is 12.2 Å². The van der Waals surface area contributed by atoms with E-state index in [-0.39, 0.29) is 11.7 Å². The molecule has 0 saturated heterocycles. The van der Waals surface area contributed by atoms with E-state index in [0.29, 0.717) is 22.4 Å². The summed E-state index contributed by atoms with van der Waals surface area (Å²) in [6.07, 6.45) is 4.57. The standard InChI is InChI=1S/C14H20N2O2S/c1-7(8-3-4-8)16-14-12(18-2)10(15)13(19-14)11(17)9-5-6-9/h7-9,16H,3-6,15H2,1-2H3. The Kier molecular flexibility index (Phi) is 3.17. The first-order chi connectivity index (χ1) is 9.11. The first kappa shape index (κ1) is 12.8. The average molecular weight is 280 g/mol. The maximum atomic E-state index is 12.2. The van der Waals surface area contributed by atoms with Crippen LogP contribution in [0.25, 0.3) is 0 Å². The van der Waals surface area contributed by atoms with Gasteiger partial charge in [0.2, 0.25) is 0 Å². The molecule has 1 atom stereocenters. The van der Waals surface area contributed by atoms with Crippen LogP contribution in [-0.4, -0.2) is 18.9 Å². The van der Waals surface area contributed by atoms with Gasteiger partial charge in [0.15, 0.2) is 11.5 Å². The highest BCUT2D eigenvalue weighted by molar-refractivity contribution is 7.19. The van der Waals surface area contributed by atoms with Crippen LogP contribution >= 0.6 is 11.3 Å². The fraction of sp³-hybridized carbons (Fsp3) is 0.643. The molecule has 0 aromatic carbocycles. The van der Waals surface area contributed by atoms with E-state index < -0.39 is 0 Å². The minimum Gasteiger partial charge on any atom is -0.492 e. The number of ketones is 1. The zero-order valence-corrected chi connectivity index (χ0v) is 12.2. The topological polar surface area (TPSA) is 64.3 Å². The monoisotopic (exact) mass is 280 g/mol. The largest absolute Gasteiger partial charge is 0.492 e. The molecule has 0 spiro atoms. The average Bonchev–Trinajstić information content (AvgIpc) is 3.28. The van der Waals surface area contributed by atoms with Gasteiger partial charge in [-0.2, -0.15) is 0 Å². The molecule has 5 heteroatoms. The molecule has 1 aromatic heterocycles. The summed E-state index contributed by atoms with van der Waals surface area (Å²) >= 11 is 1.45. The molecule has 1 heterocycles. The van der Waals surface area contributed by atoms with Gasteiger partial charge in [0, 0.05) is 12.0 Å². The molecule has 2 saturated carbocycles. The molecule has 19 heavy (non-hydrogen) atoms. The van der Waals surface area contributed by atoms with Crippen LogP contribution in [0, 0.1) is 11.8 Å². The van der Waals surface area contributed by atoms with Gasteiger partial charge in [-0.25, -0.2) is 0 Å². The Labute approximate surface area is 117 Å². The quantitative estimate of drug-likeness (QED) is 0.786. The molecule has 0 radical (unpaired) electrons. The van der Waals surface area contributed by atoms with Crippen LogP contribution in [0.15, 0.2) is 0 Å². The third kappa shape index (κ3) is 2.43. The maximum absolute atomic E-state index is 12.2. The first-order valence-electron chi connectivity index (χ1n) is 6.88. The van der Waals surface area contributed by atoms with Crippen molar-refractivity contribution in [3.63, 3.8) is 0 Å². The van der Waals surface area contributed by atoms with Gasteiger partial charge in [-0.05, 0) is 38.5 Å². The number of carbonyl (C=O) groups is 1. The second kappa shape index (κ2) is 4.71. The first-order valence-corrected chi connectivity index (χ1v) is 7.70.